The van der Waals surface area contributed by atoms with E-state index in [1.54, 1.807) is 30.5 Å². The summed E-state index contributed by atoms with van der Waals surface area (Å²) in [6.45, 7) is 0.537. The summed E-state index contributed by atoms with van der Waals surface area (Å²) < 4.78 is 5.32. The van der Waals surface area contributed by atoms with Crippen LogP contribution < -0.4 is 10.1 Å². The van der Waals surface area contributed by atoms with E-state index < -0.39 is 0 Å². The van der Waals surface area contributed by atoms with Crippen LogP contribution in [0.4, 0.5) is 0 Å². The van der Waals surface area contributed by atoms with Gasteiger partial charge in [-0.15, -0.1) is 0 Å². The number of hydrogen-bond donors (Lipinski definition) is 2. The molecular formula is C13H14ClN3O2. The Bertz CT molecular complexity index is 511. The molecule has 0 spiro atoms. The topological polar surface area (TPSA) is 67.0 Å². The number of benzene rings is 1. The summed E-state index contributed by atoms with van der Waals surface area (Å²) in [5.74, 6) is 0.461. The fraction of sp³-hybridized carbons (Fsp3) is 0.231. The number of aromatic amines is 1. The lowest BCUT2D eigenvalue weighted by molar-refractivity contribution is -0.123. The molecule has 2 rings (SSSR count). The normalized spacial score (nSPS) is 10.2. The summed E-state index contributed by atoms with van der Waals surface area (Å²) in [7, 11) is 0. The van der Waals surface area contributed by atoms with Crippen LogP contribution >= 0.6 is 11.6 Å². The molecule has 0 radical (unpaired) electrons. The van der Waals surface area contributed by atoms with Crippen LogP contribution in [-0.2, 0) is 11.2 Å². The number of rotatable bonds is 6. The maximum Gasteiger partial charge on any atom is 0.257 e. The lowest BCUT2D eigenvalue weighted by Gasteiger charge is -2.07. The molecule has 6 heteroatoms. The van der Waals surface area contributed by atoms with Crippen LogP contribution in [0.1, 0.15) is 5.69 Å². The average Bonchev–Trinajstić information content (AvgIpc) is 2.91. The Morgan fingerprint density at radius 2 is 2.11 bits per heavy atom. The average molecular weight is 280 g/mol. The Labute approximate surface area is 115 Å². The number of nitrogens with zero attached hydrogens (tertiary/aromatic N) is 1. The maximum absolute atomic E-state index is 11.5. The Hall–Kier alpha value is -2.01. The largest absolute Gasteiger partial charge is 0.484 e. The second-order valence-corrected chi connectivity index (χ2v) is 4.36. The van der Waals surface area contributed by atoms with Crippen molar-refractivity contribution in [1.82, 2.24) is 15.5 Å². The van der Waals surface area contributed by atoms with Gasteiger partial charge in [-0.05, 0) is 30.3 Å². The molecule has 100 valence electrons. The summed E-state index contributed by atoms with van der Waals surface area (Å²) in [6, 6.07) is 8.75. The van der Waals surface area contributed by atoms with Crippen LogP contribution in [0.3, 0.4) is 0 Å². The van der Waals surface area contributed by atoms with Crippen molar-refractivity contribution in [3.05, 3.63) is 47.2 Å². The molecule has 0 aliphatic rings. The van der Waals surface area contributed by atoms with Gasteiger partial charge in [-0.1, -0.05) is 11.6 Å². The van der Waals surface area contributed by atoms with Crippen LogP contribution in [0.2, 0.25) is 5.02 Å². The fourth-order valence-corrected chi connectivity index (χ4v) is 1.62. The summed E-state index contributed by atoms with van der Waals surface area (Å²) in [5, 5.41) is 10.1. The lowest BCUT2D eigenvalue weighted by atomic mass is 10.3. The van der Waals surface area contributed by atoms with Gasteiger partial charge in [0.15, 0.2) is 6.61 Å². The molecule has 0 fully saturated rings. The highest BCUT2D eigenvalue weighted by molar-refractivity contribution is 6.30. The molecule has 1 amide bonds. The molecule has 0 aliphatic carbocycles. The van der Waals surface area contributed by atoms with Gasteiger partial charge in [-0.25, -0.2) is 0 Å². The highest BCUT2D eigenvalue weighted by Gasteiger charge is 2.02. The molecule has 5 nitrogen and oxygen atoms in total. The Kier molecular flexibility index (Phi) is 4.80. The van der Waals surface area contributed by atoms with E-state index in [0.717, 1.165) is 5.69 Å². The molecule has 19 heavy (non-hydrogen) atoms. The molecule has 0 saturated heterocycles. The highest BCUT2D eigenvalue weighted by atomic mass is 35.5. The number of carbonyl (C=O) groups excluding carboxylic acids is 1. The molecule has 0 saturated carbocycles. The zero-order valence-corrected chi connectivity index (χ0v) is 11.0. The van der Waals surface area contributed by atoms with E-state index >= 15 is 0 Å². The van der Waals surface area contributed by atoms with Gasteiger partial charge in [0, 0.05) is 29.9 Å². The number of hydrogen-bond acceptors (Lipinski definition) is 3. The molecular weight excluding hydrogens is 266 g/mol. The monoisotopic (exact) mass is 279 g/mol. The van der Waals surface area contributed by atoms with Crippen molar-refractivity contribution in [2.24, 2.45) is 0 Å². The number of ether oxygens (including phenoxy) is 1. The van der Waals surface area contributed by atoms with Crippen molar-refractivity contribution in [1.29, 1.82) is 0 Å². The smallest absolute Gasteiger partial charge is 0.257 e. The van der Waals surface area contributed by atoms with E-state index in [4.69, 9.17) is 16.3 Å². The van der Waals surface area contributed by atoms with E-state index in [9.17, 15) is 4.79 Å². The summed E-state index contributed by atoms with van der Waals surface area (Å²) in [4.78, 5) is 11.5. The van der Waals surface area contributed by atoms with Gasteiger partial charge in [-0.3, -0.25) is 9.89 Å². The molecule has 1 aromatic carbocycles. The third-order valence-electron chi connectivity index (χ3n) is 2.46. The summed E-state index contributed by atoms with van der Waals surface area (Å²) in [6.07, 6.45) is 2.40. The molecule has 2 aromatic rings. The van der Waals surface area contributed by atoms with Crippen molar-refractivity contribution < 1.29 is 9.53 Å². The van der Waals surface area contributed by atoms with E-state index in [1.807, 2.05) is 6.07 Å². The molecule has 0 bridgehead atoms. The first-order chi connectivity index (χ1) is 9.24. The predicted octanol–water partition coefficient (Wildman–Crippen LogP) is 1.80. The van der Waals surface area contributed by atoms with Crippen molar-refractivity contribution in [3.8, 4) is 5.75 Å². The number of nitrogens with one attached hydrogen (secondary N) is 2. The molecule has 1 aromatic heterocycles. The second-order valence-electron chi connectivity index (χ2n) is 3.92. The standard InChI is InChI=1S/C13H14ClN3O2/c14-10-1-3-12(4-2-10)19-9-13(18)15-7-5-11-6-8-16-17-11/h1-4,6,8H,5,7,9H2,(H,15,18)(H,16,17). The molecule has 2 N–H and O–H groups in total. The Balaban J connectivity index is 1.65. The van der Waals surface area contributed by atoms with Crippen LogP contribution in [0.5, 0.6) is 5.75 Å². The van der Waals surface area contributed by atoms with Gasteiger partial charge < -0.3 is 10.1 Å². The van der Waals surface area contributed by atoms with Gasteiger partial charge in [-0.2, -0.15) is 5.10 Å². The molecule has 1 heterocycles. The van der Waals surface area contributed by atoms with Gasteiger partial charge in [0.25, 0.3) is 5.91 Å². The van der Waals surface area contributed by atoms with Crippen molar-refractivity contribution >= 4 is 17.5 Å². The molecule has 0 aliphatic heterocycles. The van der Waals surface area contributed by atoms with Gasteiger partial charge in [0.2, 0.25) is 0 Å². The zero-order chi connectivity index (χ0) is 13.5. The minimum atomic E-state index is -0.158. The number of halogens is 1. The van der Waals surface area contributed by atoms with Crippen LogP contribution in [0.25, 0.3) is 0 Å². The number of aromatic nitrogens is 2. The molecule has 0 unspecified atom stereocenters. The zero-order valence-electron chi connectivity index (χ0n) is 10.2. The predicted molar refractivity (Wildman–Crippen MR) is 72.2 cm³/mol. The maximum atomic E-state index is 11.5. The van der Waals surface area contributed by atoms with E-state index in [-0.39, 0.29) is 12.5 Å². The van der Waals surface area contributed by atoms with Crippen molar-refractivity contribution in [3.63, 3.8) is 0 Å². The lowest BCUT2D eigenvalue weighted by Crippen LogP contribution is -2.30. The first-order valence-corrected chi connectivity index (χ1v) is 6.25. The van der Waals surface area contributed by atoms with Crippen LogP contribution in [0.15, 0.2) is 36.5 Å². The quantitative estimate of drug-likeness (QED) is 0.847. The SMILES string of the molecule is O=C(COc1ccc(Cl)cc1)NCCc1ccn[nH]1. The highest BCUT2D eigenvalue weighted by Crippen LogP contribution is 2.15. The van der Waals surface area contributed by atoms with Gasteiger partial charge in [0.05, 0.1) is 0 Å². The third-order valence-corrected chi connectivity index (χ3v) is 2.71. The molecule has 0 atom stereocenters. The van der Waals surface area contributed by atoms with E-state index in [2.05, 4.69) is 15.5 Å². The van der Waals surface area contributed by atoms with Gasteiger partial charge in [0.1, 0.15) is 5.75 Å². The number of carbonyl (C=O) groups is 1. The third kappa shape index (κ3) is 4.63. The fourth-order valence-electron chi connectivity index (χ4n) is 1.49. The minimum absolute atomic E-state index is 0.00932. The first kappa shape index (κ1) is 13.4. The van der Waals surface area contributed by atoms with E-state index in [1.165, 1.54) is 0 Å². The number of H-pyrrole nitrogens is 1. The van der Waals surface area contributed by atoms with Gasteiger partial charge >= 0.3 is 0 Å². The first-order valence-electron chi connectivity index (χ1n) is 5.87. The number of amides is 1. The second kappa shape index (κ2) is 6.80. The minimum Gasteiger partial charge on any atom is -0.484 e. The van der Waals surface area contributed by atoms with E-state index in [0.29, 0.717) is 23.7 Å². The summed E-state index contributed by atoms with van der Waals surface area (Å²) in [5.41, 5.74) is 0.985. The van der Waals surface area contributed by atoms with Crippen LogP contribution in [-0.4, -0.2) is 29.3 Å². The van der Waals surface area contributed by atoms with Crippen LogP contribution in [0, 0.1) is 0 Å². The summed E-state index contributed by atoms with van der Waals surface area (Å²) >= 11 is 5.75. The van der Waals surface area contributed by atoms with Crippen molar-refractivity contribution in [2.75, 3.05) is 13.2 Å². The Morgan fingerprint density at radius 3 is 2.79 bits per heavy atom. The Morgan fingerprint density at radius 1 is 1.32 bits per heavy atom. The van der Waals surface area contributed by atoms with Crippen molar-refractivity contribution in [2.45, 2.75) is 6.42 Å².